The predicted molar refractivity (Wildman–Crippen MR) is 40.6 cm³/mol. The summed E-state index contributed by atoms with van der Waals surface area (Å²) in [5.74, 6) is 0. The zero-order valence-corrected chi connectivity index (χ0v) is 6.34. The van der Waals surface area contributed by atoms with Gasteiger partial charge in [-0.15, -0.1) is 0 Å². The molecular formula is C8H13NO. The van der Waals surface area contributed by atoms with Crippen LogP contribution in [0.1, 0.15) is 19.3 Å². The summed E-state index contributed by atoms with van der Waals surface area (Å²) in [5, 5.41) is 0. The zero-order valence-electron chi connectivity index (χ0n) is 6.34. The van der Waals surface area contributed by atoms with Crippen LogP contribution < -0.4 is 0 Å². The lowest BCUT2D eigenvalue weighted by Gasteiger charge is -2.26. The van der Waals surface area contributed by atoms with Gasteiger partial charge in [-0.3, -0.25) is 4.79 Å². The Morgan fingerprint density at radius 2 is 2.30 bits per heavy atom. The summed E-state index contributed by atoms with van der Waals surface area (Å²) in [6.45, 7) is 1.10. The van der Waals surface area contributed by atoms with Crippen molar-refractivity contribution in [2.24, 2.45) is 0 Å². The van der Waals surface area contributed by atoms with Gasteiger partial charge in [0, 0.05) is 19.3 Å². The van der Waals surface area contributed by atoms with Crippen molar-refractivity contribution < 1.29 is 4.79 Å². The summed E-state index contributed by atoms with van der Waals surface area (Å²) in [7, 11) is 2.04. The van der Waals surface area contributed by atoms with Crippen molar-refractivity contribution in [2.45, 2.75) is 19.3 Å². The molecule has 1 fully saturated rings. The first-order chi connectivity index (χ1) is 4.84. The Balaban J connectivity index is 2.55. The minimum Gasteiger partial charge on any atom is -0.378 e. The van der Waals surface area contributed by atoms with E-state index in [1.54, 1.807) is 6.08 Å². The molecule has 0 N–H and O–H groups in total. The van der Waals surface area contributed by atoms with Gasteiger partial charge < -0.3 is 4.90 Å². The minimum atomic E-state index is 0.872. The molecule has 1 aliphatic heterocycles. The Labute approximate surface area is 61.5 Å². The number of allylic oxidation sites excluding steroid dienone is 2. The third kappa shape index (κ3) is 1.59. The maximum Gasteiger partial charge on any atom is 0.144 e. The van der Waals surface area contributed by atoms with Gasteiger partial charge in [0.25, 0.3) is 0 Å². The fourth-order valence-corrected chi connectivity index (χ4v) is 1.28. The van der Waals surface area contributed by atoms with Crippen molar-refractivity contribution in [3.8, 4) is 0 Å². The number of piperidine rings is 1. The standard InChI is InChI=1S/C8H13NO/c1-9-6-3-2-4-8(9)5-7-10/h5,7H,2-4,6H2,1H3/b8-5-. The average Bonchev–Trinajstić information content (AvgIpc) is 1.94. The monoisotopic (exact) mass is 139 g/mol. The second-order valence-electron chi connectivity index (χ2n) is 2.67. The van der Waals surface area contributed by atoms with Crippen LogP contribution in [0.15, 0.2) is 11.8 Å². The molecule has 0 spiro atoms. The van der Waals surface area contributed by atoms with Gasteiger partial charge in [0.15, 0.2) is 0 Å². The highest BCUT2D eigenvalue weighted by Crippen LogP contribution is 2.17. The van der Waals surface area contributed by atoms with E-state index in [0.717, 1.165) is 19.3 Å². The van der Waals surface area contributed by atoms with Crippen LogP contribution in [0.3, 0.4) is 0 Å². The smallest absolute Gasteiger partial charge is 0.144 e. The molecule has 0 aromatic carbocycles. The van der Waals surface area contributed by atoms with E-state index >= 15 is 0 Å². The first-order valence-corrected chi connectivity index (χ1v) is 3.70. The van der Waals surface area contributed by atoms with Crippen molar-refractivity contribution in [2.75, 3.05) is 13.6 Å². The molecular weight excluding hydrogens is 126 g/mol. The maximum atomic E-state index is 10.1. The van der Waals surface area contributed by atoms with Gasteiger partial charge in [-0.1, -0.05) is 0 Å². The normalized spacial score (nSPS) is 23.3. The number of nitrogens with zero attached hydrogens (tertiary/aromatic N) is 1. The van der Waals surface area contributed by atoms with Crippen LogP contribution in [0, 0.1) is 0 Å². The number of rotatable bonds is 1. The molecule has 1 heterocycles. The number of hydrogen-bond donors (Lipinski definition) is 0. The Bertz CT molecular complexity index is 151. The lowest BCUT2D eigenvalue weighted by molar-refractivity contribution is -0.104. The van der Waals surface area contributed by atoms with Gasteiger partial charge in [0.05, 0.1) is 0 Å². The third-order valence-corrected chi connectivity index (χ3v) is 1.93. The van der Waals surface area contributed by atoms with E-state index in [1.165, 1.54) is 18.5 Å². The minimum absolute atomic E-state index is 0.872. The summed E-state index contributed by atoms with van der Waals surface area (Å²) in [5.41, 5.74) is 1.18. The van der Waals surface area contributed by atoms with Gasteiger partial charge >= 0.3 is 0 Å². The second kappa shape index (κ2) is 3.40. The molecule has 0 atom stereocenters. The van der Waals surface area contributed by atoms with E-state index in [4.69, 9.17) is 0 Å². The molecule has 1 aliphatic rings. The summed E-state index contributed by atoms with van der Waals surface area (Å²) >= 11 is 0. The highest BCUT2D eigenvalue weighted by molar-refractivity contribution is 5.65. The van der Waals surface area contributed by atoms with Gasteiger partial charge in [-0.2, -0.15) is 0 Å². The fraction of sp³-hybridized carbons (Fsp3) is 0.625. The fourth-order valence-electron chi connectivity index (χ4n) is 1.28. The third-order valence-electron chi connectivity index (χ3n) is 1.93. The van der Waals surface area contributed by atoms with E-state index in [0.29, 0.717) is 0 Å². The molecule has 0 aromatic heterocycles. The summed E-state index contributed by atoms with van der Waals surface area (Å²) in [4.78, 5) is 12.3. The van der Waals surface area contributed by atoms with E-state index in [1.807, 2.05) is 7.05 Å². The molecule has 0 radical (unpaired) electrons. The van der Waals surface area contributed by atoms with Gasteiger partial charge in [0.2, 0.25) is 0 Å². The van der Waals surface area contributed by atoms with E-state index in [2.05, 4.69) is 4.90 Å². The summed E-state index contributed by atoms with van der Waals surface area (Å²) < 4.78 is 0. The SMILES string of the molecule is CN1CCCC/C1=C/C=O. The Hall–Kier alpha value is -0.790. The first kappa shape index (κ1) is 7.32. The molecule has 0 amide bonds. The van der Waals surface area contributed by atoms with Gasteiger partial charge in [-0.25, -0.2) is 0 Å². The maximum absolute atomic E-state index is 10.1. The van der Waals surface area contributed by atoms with Crippen LogP contribution in [-0.2, 0) is 4.79 Å². The van der Waals surface area contributed by atoms with Crippen LogP contribution in [0.5, 0.6) is 0 Å². The van der Waals surface area contributed by atoms with Crippen molar-refractivity contribution in [1.82, 2.24) is 4.90 Å². The van der Waals surface area contributed by atoms with E-state index in [9.17, 15) is 4.79 Å². The Kier molecular flexibility index (Phi) is 2.49. The van der Waals surface area contributed by atoms with E-state index < -0.39 is 0 Å². The van der Waals surface area contributed by atoms with Crippen LogP contribution in [0.25, 0.3) is 0 Å². The molecule has 1 saturated heterocycles. The number of hydrogen-bond acceptors (Lipinski definition) is 2. The zero-order chi connectivity index (χ0) is 7.40. The molecule has 0 aromatic rings. The van der Waals surface area contributed by atoms with Crippen LogP contribution in [0.4, 0.5) is 0 Å². The predicted octanol–water partition coefficient (Wildman–Crippen LogP) is 1.18. The van der Waals surface area contributed by atoms with Crippen molar-refractivity contribution in [1.29, 1.82) is 0 Å². The lowest BCUT2D eigenvalue weighted by Crippen LogP contribution is -2.23. The van der Waals surface area contributed by atoms with Gasteiger partial charge in [0.1, 0.15) is 6.29 Å². The highest BCUT2D eigenvalue weighted by Gasteiger charge is 2.08. The molecule has 2 nitrogen and oxygen atoms in total. The highest BCUT2D eigenvalue weighted by atomic mass is 16.1. The molecule has 0 unspecified atom stereocenters. The average molecular weight is 139 g/mol. The Morgan fingerprint density at radius 3 is 2.90 bits per heavy atom. The number of likely N-dealkylation sites (tertiary alicyclic amines) is 1. The molecule has 1 rings (SSSR count). The molecule has 0 bridgehead atoms. The lowest BCUT2D eigenvalue weighted by atomic mass is 10.1. The van der Waals surface area contributed by atoms with Crippen LogP contribution in [-0.4, -0.2) is 24.8 Å². The van der Waals surface area contributed by atoms with Crippen molar-refractivity contribution >= 4 is 6.29 Å². The van der Waals surface area contributed by atoms with Gasteiger partial charge in [-0.05, 0) is 25.3 Å². The quantitative estimate of drug-likeness (QED) is 0.401. The largest absolute Gasteiger partial charge is 0.378 e. The number of carbonyl (C=O) groups is 1. The number of aldehydes is 1. The topological polar surface area (TPSA) is 20.3 Å². The summed E-state index contributed by atoms with van der Waals surface area (Å²) in [6, 6.07) is 0. The number of carbonyl (C=O) groups excluding carboxylic acids is 1. The molecule has 56 valence electrons. The van der Waals surface area contributed by atoms with E-state index in [-0.39, 0.29) is 0 Å². The van der Waals surface area contributed by atoms with Crippen molar-refractivity contribution in [3.05, 3.63) is 11.8 Å². The molecule has 0 saturated carbocycles. The van der Waals surface area contributed by atoms with Crippen LogP contribution in [0.2, 0.25) is 0 Å². The second-order valence-corrected chi connectivity index (χ2v) is 2.67. The van der Waals surface area contributed by atoms with Crippen LogP contribution >= 0.6 is 0 Å². The Morgan fingerprint density at radius 1 is 1.50 bits per heavy atom. The molecule has 10 heavy (non-hydrogen) atoms. The summed E-state index contributed by atoms with van der Waals surface area (Å²) in [6.07, 6.45) is 6.09. The first-order valence-electron chi connectivity index (χ1n) is 3.70. The molecule has 0 aliphatic carbocycles. The van der Waals surface area contributed by atoms with Crippen molar-refractivity contribution in [3.63, 3.8) is 0 Å². The molecule has 2 heteroatoms.